The van der Waals surface area contributed by atoms with Gasteiger partial charge in [0.25, 0.3) is 0 Å². The van der Waals surface area contributed by atoms with Crippen LogP contribution in [0.3, 0.4) is 0 Å². The summed E-state index contributed by atoms with van der Waals surface area (Å²) >= 11 is 1.18. The topological polar surface area (TPSA) is 77.0 Å². The lowest BCUT2D eigenvalue weighted by atomic mass is 9.82. The molecule has 2 aliphatic heterocycles. The Hall–Kier alpha value is -2.06. The minimum Gasteiger partial charge on any atom is -0.344 e. The summed E-state index contributed by atoms with van der Waals surface area (Å²) in [6, 6.07) is 0.518. The van der Waals surface area contributed by atoms with E-state index in [0.717, 1.165) is 37.0 Å². The van der Waals surface area contributed by atoms with E-state index >= 15 is 0 Å². The first-order valence-electron chi connectivity index (χ1n) is 8.65. The number of allylic oxidation sites excluding steroid dienone is 2. The van der Waals surface area contributed by atoms with Crippen LogP contribution in [0.1, 0.15) is 13.8 Å². The van der Waals surface area contributed by atoms with Gasteiger partial charge < -0.3 is 4.90 Å². The molecule has 1 aromatic rings. The highest BCUT2D eigenvalue weighted by Gasteiger charge is 2.33. The van der Waals surface area contributed by atoms with Gasteiger partial charge in [0, 0.05) is 50.6 Å². The van der Waals surface area contributed by atoms with Gasteiger partial charge in [0.15, 0.2) is 0 Å². The smallest absolute Gasteiger partial charge is 0.324 e. The normalized spacial score (nSPS) is 27.7. The molecule has 1 N–H and O–H groups in total. The van der Waals surface area contributed by atoms with Gasteiger partial charge in [-0.05, 0) is 29.9 Å². The first kappa shape index (κ1) is 16.4. The first-order chi connectivity index (χ1) is 12.1. The fourth-order valence-electron chi connectivity index (χ4n) is 3.83. The summed E-state index contributed by atoms with van der Waals surface area (Å²) in [6.07, 6.45) is 7.91. The molecule has 3 atom stereocenters. The Kier molecular flexibility index (Phi) is 4.39. The zero-order valence-corrected chi connectivity index (χ0v) is 15.2. The summed E-state index contributed by atoms with van der Waals surface area (Å²) < 4.78 is 0. The summed E-state index contributed by atoms with van der Waals surface area (Å²) in [4.78, 5) is 24.9. The Morgan fingerprint density at radius 1 is 1.24 bits per heavy atom. The quantitative estimate of drug-likeness (QED) is 0.884. The number of piperazine rings is 1. The maximum atomic E-state index is 11.3. The Balaban J connectivity index is 1.44. The highest BCUT2D eigenvalue weighted by molar-refractivity contribution is 7.12. The molecule has 3 unspecified atom stereocenters. The van der Waals surface area contributed by atoms with Crippen LogP contribution in [0.25, 0.3) is 0 Å². The van der Waals surface area contributed by atoms with E-state index in [1.807, 2.05) is 0 Å². The number of nitrogens with zero attached hydrogens (tertiary/aromatic N) is 5. The number of aromatic amines is 1. The molecular weight excluding hydrogens is 336 g/mol. The van der Waals surface area contributed by atoms with Crippen LogP contribution in [0.4, 0.5) is 5.13 Å². The van der Waals surface area contributed by atoms with Gasteiger partial charge in [0.05, 0.1) is 11.7 Å². The Labute approximate surface area is 150 Å². The third-order valence-corrected chi connectivity index (χ3v) is 6.14. The lowest BCUT2D eigenvalue weighted by Gasteiger charge is -2.41. The van der Waals surface area contributed by atoms with Crippen LogP contribution in [0.15, 0.2) is 38.2 Å². The number of hydrogen-bond donors (Lipinski definition) is 1. The molecular formula is C17H22N6OS. The zero-order valence-electron chi connectivity index (χ0n) is 14.4. The average Bonchev–Trinajstić information content (AvgIpc) is 3.08. The maximum absolute atomic E-state index is 11.3. The molecule has 0 bridgehead atoms. The molecule has 3 heterocycles. The van der Waals surface area contributed by atoms with E-state index in [2.05, 4.69) is 56.0 Å². The van der Waals surface area contributed by atoms with Crippen LogP contribution in [0, 0.1) is 5.92 Å². The Morgan fingerprint density at radius 2 is 2.04 bits per heavy atom. The molecule has 1 aliphatic carbocycles. The minimum absolute atomic E-state index is 0.0923. The number of aromatic nitrogens is 2. The van der Waals surface area contributed by atoms with Crippen molar-refractivity contribution >= 4 is 28.9 Å². The standard InChI is InChI=1S/C17H22N6OS/c1-11-13(3-4-14-15(11)19-6-5-18-14)12(2)22-7-9-23(10-8-22)16-20-21-17(24)25-16/h3-6,11-12,15H,7-10H2,1-2H3,(H,21,24). The van der Waals surface area contributed by atoms with Gasteiger partial charge in [-0.15, -0.1) is 5.10 Å². The molecule has 1 saturated heterocycles. The summed E-state index contributed by atoms with van der Waals surface area (Å²) in [5.41, 5.74) is 2.48. The SMILES string of the molecule is CC1C(C(C)N2CCN(c3n[nH]c(=O)s3)CC2)=CC=C2N=CC=NC21. The van der Waals surface area contributed by atoms with Crippen molar-refractivity contribution in [2.45, 2.75) is 25.9 Å². The van der Waals surface area contributed by atoms with E-state index in [9.17, 15) is 4.79 Å². The van der Waals surface area contributed by atoms with E-state index in [-0.39, 0.29) is 10.9 Å². The van der Waals surface area contributed by atoms with Crippen molar-refractivity contribution in [1.29, 1.82) is 0 Å². The lowest BCUT2D eigenvalue weighted by molar-refractivity contribution is 0.209. The molecule has 0 aromatic carbocycles. The molecule has 1 fully saturated rings. The summed E-state index contributed by atoms with van der Waals surface area (Å²) in [6.45, 7) is 8.22. The van der Waals surface area contributed by atoms with Crippen molar-refractivity contribution in [2.75, 3.05) is 31.1 Å². The predicted octanol–water partition coefficient (Wildman–Crippen LogP) is 1.33. The van der Waals surface area contributed by atoms with E-state index < -0.39 is 0 Å². The molecule has 0 radical (unpaired) electrons. The Bertz CT molecular complexity index is 811. The second kappa shape index (κ2) is 6.68. The van der Waals surface area contributed by atoms with Gasteiger partial charge in [-0.3, -0.25) is 19.7 Å². The summed E-state index contributed by atoms with van der Waals surface area (Å²) in [7, 11) is 0. The third kappa shape index (κ3) is 3.11. The first-order valence-corrected chi connectivity index (χ1v) is 9.47. The number of nitrogens with one attached hydrogen (secondary N) is 1. The summed E-state index contributed by atoms with van der Waals surface area (Å²) in [5, 5.41) is 7.39. The number of aliphatic imine (C=N–C) groups is 2. The number of fused-ring (bicyclic) bond motifs is 1. The second-order valence-corrected chi connectivity index (χ2v) is 7.60. The molecule has 0 saturated carbocycles. The lowest BCUT2D eigenvalue weighted by Crippen LogP contribution is -2.51. The molecule has 7 nitrogen and oxygen atoms in total. The maximum Gasteiger partial charge on any atom is 0.324 e. The van der Waals surface area contributed by atoms with E-state index in [4.69, 9.17) is 0 Å². The van der Waals surface area contributed by atoms with Crippen molar-refractivity contribution in [3.63, 3.8) is 0 Å². The molecule has 0 amide bonds. The largest absolute Gasteiger partial charge is 0.344 e. The molecule has 25 heavy (non-hydrogen) atoms. The number of hydrogen-bond acceptors (Lipinski definition) is 7. The van der Waals surface area contributed by atoms with Gasteiger partial charge in [0.1, 0.15) is 0 Å². The average molecular weight is 358 g/mol. The molecule has 0 spiro atoms. The van der Waals surface area contributed by atoms with Crippen LogP contribution < -0.4 is 9.77 Å². The van der Waals surface area contributed by atoms with Crippen molar-refractivity contribution in [3.8, 4) is 0 Å². The fourth-order valence-corrected chi connectivity index (χ4v) is 4.49. The van der Waals surface area contributed by atoms with Crippen molar-refractivity contribution in [3.05, 3.63) is 33.1 Å². The van der Waals surface area contributed by atoms with Crippen molar-refractivity contribution in [1.82, 2.24) is 15.1 Å². The predicted molar refractivity (Wildman–Crippen MR) is 102 cm³/mol. The van der Waals surface area contributed by atoms with Gasteiger partial charge in [0.2, 0.25) is 5.13 Å². The monoisotopic (exact) mass is 358 g/mol. The minimum atomic E-state index is -0.0923. The van der Waals surface area contributed by atoms with Crippen LogP contribution >= 0.6 is 11.3 Å². The molecule has 1 aromatic heterocycles. The Morgan fingerprint density at radius 3 is 2.76 bits per heavy atom. The van der Waals surface area contributed by atoms with Gasteiger partial charge >= 0.3 is 4.87 Å². The van der Waals surface area contributed by atoms with E-state index in [0.29, 0.717) is 12.0 Å². The van der Waals surface area contributed by atoms with Gasteiger partial charge in [-0.2, -0.15) is 0 Å². The summed E-state index contributed by atoms with van der Waals surface area (Å²) in [5.74, 6) is 0.360. The van der Waals surface area contributed by atoms with Gasteiger partial charge in [-0.1, -0.05) is 13.0 Å². The van der Waals surface area contributed by atoms with Crippen LogP contribution in [0.5, 0.6) is 0 Å². The van der Waals surface area contributed by atoms with E-state index in [1.165, 1.54) is 16.9 Å². The van der Waals surface area contributed by atoms with Crippen molar-refractivity contribution < 1.29 is 0 Å². The second-order valence-electron chi connectivity index (χ2n) is 6.66. The molecule has 132 valence electrons. The van der Waals surface area contributed by atoms with Gasteiger partial charge in [-0.25, -0.2) is 5.10 Å². The third-order valence-electron chi connectivity index (χ3n) is 5.33. The van der Waals surface area contributed by atoms with Crippen LogP contribution in [-0.2, 0) is 0 Å². The highest BCUT2D eigenvalue weighted by Crippen LogP contribution is 2.33. The zero-order chi connectivity index (χ0) is 17.4. The van der Waals surface area contributed by atoms with Crippen LogP contribution in [0.2, 0.25) is 0 Å². The highest BCUT2D eigenvalue weighted by atomic mass is 32.1. The van der Waals surface area contributed by atoms with Crippen LogP contribution in [-0.4, -0.2) is 65.8 Å². The molecule has 4 rings (SSSR count). The number of H-pyrrole nitrogens is 1. The van der Waals surface area contributed by atoms with E-state index in [1.54, 1.807) is 12.4 Å². The molecule has 8 heteroatoms. The fraction of sp³-hybridized carbons (Fsp3) is 0.529. The number of rotatable bonds is 3. The van der Waals surface area contributed by atoms with Crippen molar-refractivity contribution in [2.24, 2.45) is 15.9 Å². The molecule has 3 aliphatic rings. The number of anilines is 1.